The van der Waals surface area contributed by atoms with E-state index in [0.717, 1.165) is 11.3 Å². The molecular formula is C12H12ClN3O. The summed E-state index contributed by atoms with van der Waals surface area (Å²) in [4.78, 5) is 11.9. The van der Waals surface area contributed by atoms with Gasteiger partial charge in [-0.15, -0.1) is 0 Å². The molecule has 0 radical (unpaired) electrons. The molecule has 0 aliphatic carbocycles. The van der Waals surface area contributed by atoms with Gasteiger partial charge in [-0.3, -0.25) is 4.79 Å². The van der Waals surface area contributed by atoms with E-state index in [4.69, 9.17) is 17.3 Å². The number of benzene rings is 1. The van der Waals surface area contributed by atoms with Gasteiger partial charge in [-0.2, -0.15) is 9.78 Å². The molecule has 0 saturated carbocycles. The lowest BCUT2D eigenvalue weighted by Crippen LogP contribution is -2.23. The van der Waals surface area contributed by atoms with Crippen LogP contribution in [0, 0.1) is 6.92 Å². The predicted molar refractivity (Wildman–Crippen MR) is 67.5 cm³/mol. The van der Waals surface area contributed by atoms with Crippen molar-refractivity contribution in [1.29, 1.82) is 0 Å². The summed E-state index contributed by atoms with van der Waals surface area (Å²) in [6.45, 7) is 2.13. The second kappa shape index (κ2) is 4.69. The number of halogens is 1. The van der Waals surface area contributed by atoms with E-state index in [0.29, 0.717) is 17.3 Å². The van der Waals surface area contributed by atoms with Crippen molar-refractivity contribution in [1.82, 2.24) is 9.78 Å². The zero-order valence-electron chi connectivity index (χ0n) is 9.35. The van der Waals surface area contributed by atoms with E-state index in [1.165, 1.54) is 10.7 Å². The minimum absolute atomic E-state index is 0.210. The first kappa shape index (κ1) is 11.8. The van der Waals surface area contributed by atoms with Crippen molar-refractivity contribution < 1.29 is 0 Å². The molecule has 0 spiro atoms. The molecule has 0 fully saturated rings. The highest BCUT2D eigenvalue weighted by Gasteiger charge is 2.06. The van der Waals surface area contributed by atoms with Gasteiger partial charge in [0.2, 0.25) is 0 Å². The number of nitrogens with zero attached hydrogens (tertiary/aromatic N) is 2. The highest BCUT2D eigenvalue weighted by molar-refractivity contribution is 6.30. The second-order valence-corrected chi connectivity index (χ2v) is 4.13. The van der Waals surface area contributed by atoms with Crippen LogP contribution in [0.5, 0.6) is 0 Å². The average molecular weight is 250 g/mol. The molecule has 0 aliphatic heterocycles. The molecule has 5 heteroatoms. The van der Waals surface area contributed by atoms with Crippen LogP contribution in [0.1, 0.15) is 11.3 Å². The van der Waals surface area contributed by atoms with Crippen molar-refractivity contribution in [2.45, 2.75) is 13.5 Å². The lowest BCUT2D eigenvalue weighted by Gasteiger charge is -2.08. The van der Waals surface area contributed by atoms with Crippen molar-refractivity contribution in [3.8, 4) is 5.69 Å². The van der Waals surface area contributed by atoms with Crippen molar-refractivity contribution in [2.75, 3.05) is 0 Å². The lowest BCUT2D eigenvalue weighted by molar-refractivity contribution is 0.767. The van der Waals surface area contributed by atoms with Gasteiger partial charge in [0.1, 0.15) is 0 Å². The molecular weight excluding hydrogens is 238 g/mol. The largest absolute Gasteiger partial charge is 0.326 e. The molecule has 0 saturated heterocycles. The quantitative estimate of drug-likeness (QED) is 0.881. The summed E-state index contributed by atoms with van der Waals surface area (Å²) in [7, 11) is 0. The molecule has 0 bridgehead atoms. The molecule has 0 atom stereocenters. The zero-order chi connectivity index (χ0) is 12.4. The van der Waals surface area contributed by atoms with Crippen LogP contribution in [0.25, 0.3) is 5.69 Å². The van der Waals surface area contributed by atoms with Gasteiger partial charge >= 0.3 is 0 Å². The molecule has 1 heterocycles. The Balaban J connectivity index is 2.61. The molecule has 1 aromatic carbocycles. The Morgan fingerprint density at radius 1 is 1.41 bits per heavy atom. The minimum Gasteiger partial charge on any atom is -0.326 e. The Morgan fingerprint density at radius 2 is 2.18 bits per heavy atom. The zero-order valence-corrected chi connectivity index (χ0v) is 10.1. The molecule has 88 valence electrons. The molecule has 0 amide bonds. The number of aryl methyl sites for hydroxylation is 1. The third kappa shape index (κ3) is 2.38. The first-order chi connectivity index (χ1) is 8.11. The first-order valence-corrected chi connectivity index (χ1v) is 5.55. The monoisotopic (exact) mass is 249 g/mol. The summed E-state index contributed by atoms with van der Waals surface area (Å²) in [5, 5.41) is 4.79. The van der Waals surface area contributed by atoms with Gasteiger partial charge in [0.15, 0.2) is 0 Å². The van der Waals surface area contributed by atoms with Crippen molar-refractivity contribution in [2.24, 2.45) is 5.73 Å². The van der Waals surface area contributed by atoms with Crippen LogP contribution < -0.4 is 11.3 Å². The molecule has 0 aliphatic rings. The van der Waals surface area contributed by atoms with Gasteiger partial charge in [-0.1, -0.05) is 17.7 Å². The number of rotatable bonds is 2. The molecule has 0 unspecified atom stereocenters. The van der Waals surface area contributed by atoms with Gasteiger partial charge in [-0.25, -0.2) is 0 Å². The van der Waals surface area contributed by atoms with Crippen LogP contribution in [0.3, 0.4) is 0 Å². The lowest BCUT2D eigenvalue weighted by atomic mass is 10.2. The average Bonchev–Trinajstić information content (AvgIpc) is 2.31. The smallest absolute Gasteiger partial charge is 0.271 e. The van der Waals surface area contributed by atoms with E-state index in [2.05, 4.69) is 5.10 Å². The Labute approximate surface area is 104 Å². The van der Waals surface area contributed by atoms with Crippen LogP contribution in [0.15, 0.2) is 35.1 Å². The molecule has 1 aromatic heterocycles. The maximum atomic E-state index is 11.9. The minimum atomic E-state index is -0.210. The summed E-state index contributed by atoms with van der Waals surface area (Å²) < 4.78 is 1.32. The maximum absolute atomic E-state index is 11.9. The Kier molecular flexibility index (Phi) is 3.26. The topological polar surface area (TPSA) is 60.9 Å². The molecule has 17 heavy (non-hydrogen) atoms. The highest BCUT2D eigenvalue weighted by Crippen LogP contribution is 2.13. The number of hydrogen-bond acceptors (Lipinski definition) is 3. The van der Waals surface area contributed by atoms with Crippen LogP contribution in [0.4, 0.5) is 0 Å². The number of hydrogen-bond donors (Lipinski definition) is 1. The normalized spacial score (nSPS) is 10.5. The Hall–Kier alpha value is -1.65. The van der Waals surface area contributed by atoms with Gasteiger partial charge in [-0.05, 0) is 30.7 Å². The van der Waals surface area contributed by atoms with E-state index < -0.39 is 0 Å². The summed E-state index contributed by atoms with van der Waals surface area (Å²) in [5.74, 6) is 0. The van der Waals surface area contributed by atoms with E-state index in [-0.39, 0.29) is 5.56 Å². The molecule has 4 nitrogen and oxygen atoms in total. The molecule has 2 N–H and O–H groups in total. The molecule has 2 aromatic rings. The Morgan fingerprint density at radius 3 is 2.82 bits per heavy atom. The predicted octanol–water partition coefficient (Wildman–Crippen LogP) is 1.65. The van der Waals surface area contributed by atoms with Crippen molar-refractivity contribution in [3.63, 3.8) is 0 Å². The van der Waals surface area contributed by atoms with E-state index in [9.17, 15) is 4.79 Å². The summed E-state index contributed by atoms with van der Waals surface area (Å²) in [6, 6.07) is 8.50. The van der Waals surface area contributed by atoms with Gasteiger partial charge in [0.05, 0.1) is 11.4 Å². The standard InChI is InChI=1S/C12H12ClN3O/c1-8-9(7-14)5-12(17)16(15-8)11-4-2-3-10(13)6-11/h2-6H,7,14H2,1H3. The Bertz CT molecular complexity index is 607. The van der Waals surface area contributed by atoms with Gasteiger partial charge < -0.3 is 5.73 Å². The van der Waals surface area contributed by atoms with Crippen LogP contribution in [-0.2, 0) is 6.54 Å². The summed E-state index contributed by atoms with van der Waals surface area (Å²) in [5.41, 5.74) is 7.46. The van der Waals surface area contributed by atoms with E-state index in [1.807, 2.05) is 6.92 Å². The fraction of sp³-hybridized carbons (Fsp3) is 0.167. The van der Waals surface area contributed by atoms with Crippen LogP contribution >= 0.6 is 11.6 Å². The molecule has 2 rings (SSSR count). The van der Waals surface area contributed by atoms with Crippen molar-refractivity contribution in [3.05, 3.63) is 57.0 Å². The first-order valence-electron chi connectivity index (χ1n) is 5.17. The van der Waals surface area contributed by atoms with Crippen LogP contribution in [0.2, 0.25) is 5.02 Å². The third-order valence-corrected chi connectivity index (χ3v) is 2.73. The van der Waals surface area contributed by atoms with Crippen molar-refractivity contribution >= 4 is 11.6 Å². The van der Waals surface area contributed by atoms with Gasteiger partial charge in [0, 0.05) is 17.6 Å². The third-order valence-electron chi connectivity index (χ3n) is 2.49. The SMILES string of the molecule is Cc1nn(-c2cccc(Cl)c2)c(=O)cc1CN. The highest BCUT2D eigenvalue weighted by atomic mass is 35.5. The van der Waals surface area contributed by atoms with Crippen LogP contribution in [-0.4, -0.2) is 9.78 Å². The summed E-state index contributed by atoms with van der Waals surface area (Å²) >= 11 is 5.88. The van der Waals surface area contributed by atoms with Gasteiger partial charge in [0.25, 0.3) is 5.56 Å². The number of nitrogens with two attached hydrogens (primary N) is 1. The van der Waals surface area contributed by atoms with E-state index in [1.54, 1.807) is 24.3 Å². The number of aromatic nitrogens is 2. The maximum Gasteiger partial charge on any atom is 0.271 e. The van der Waals surface area contributed by atoms with E-state index >= 15 is 0 Å². The fourth-order valence-corrected chi connectivity index (χ4v) is 1.76. The summed E-state index contributed by atoms with van der Waals surface area (Å²) in [6.07, 6.45) is 0. The fourth-order valence-electron chi connectivity index (χ4n) is 1.58. The second-order valence-electron chi connectivity index (χ2n) is 3.69.